The van der Waals surface area contributed by atoms with Crippen LogP contribution in [-0.4, -0.2) is 15.7 Å². The van der Waals surface area contributed by atoms with Gasteiger partial charge in [-0.25, -0.2) is 4.68 Å². The molecule has 0 bridgehead atoms. The number of nitrogens with zero attached hydrogens (tertiary/aromatic N) is 2. The van der Waals surface area contributed by atoms with E-state index in [4.69, 9.17) is 11.6 Å². The molecule has 2 aromatic carbocycles. The number of para-hydroxylation sites is 1. The number of rotatable bonds is 4. The van der Waals surface area contributed by atoms with Crippen LogP contribution in [0.15, 0.2) is 67.0 Å². The Bertz CT molecular complexity index is 783. The summed E-state index contributed by atoms with van der Waals surface area (Å²) in [5, 5.41) is 7.70. The van der Waals surface area contributed by atoms with Gasteiger partial charge in [0, 0.05) is 17.8 Å². The average molecular weight is 312 g/mol. The number of carbonyl (C=O) groups excluding carboxylic acids is 1. The van der Waals surface area contributed by atoms with Crippen molar-refractivity contribution >= 4 is 17.5 Å². The molecular weight excluding hydrogens is 298 g/mol. The summed E-state index contributed by atoms with van der Waals surface area (Å²) in [5.41, 5.74) is 2.30. The van der Waals surface area contributed by atoms with E-state index >= 15 is 0 Å². The lowest BCUT2D eigenvalue weighted by Crippen LogP contribution is -2.22. The van der Waals surface area contributed by atoms with Crippen LogP contribution < -0.4 is 5.32 Å². The van der Waals surface area contributed by atoms with Gasteiger partial charge >= 0.3 is 0 Å². The first kappa shape index (κ1) is 14.4. The van der Waals surface area contributed by atoms with Gasteiger partial charge in [-0.3, -0.25) is 4.79 Å². The third-order valence-electron chi connectivity index (χ3n) is 3.26. The molecule has 1 heterocycles. The van der Waals surface area contributed by atoms with Gasteiger partial charge in [0.05, 0.1) is 17.4 Å². The van der Waals surface area contributed by atoms with Crippen molar-refractivity contribution in [1.29, 1.82) is 0 Å². The maximum Gasteiger partial charge on any atom is 0.254 e. The highest BCUT2D eigenvalue weighted by molar-refractivity contribution is 6.31. The Balaban J connectivity index is 1.69. The third kappa shape index (κ3) is 3.18. The van der Waals surface area contributed by atoms with E-state index in [0.29, 0.717) is 17.1 Å². The number of amides is 1. The van der Waals surface area contributed by atoms with Crippen LogP contribution >= 0.6 is 11.6 Å². The van der Waals surface area contributed by atoms with Gasteiger partial charge in [0.25, 0.3) is 5.91 Å². The number of benzene rings is 2. The van der Waals surface area contributed by atoms with Crippen LogP contribution in [0.25, 0.3) is 5.69 Å². The van der Waals surface area contributed by atoms with Crippen LogP contribution in [0, 0.1) is 0 Å². The molecule has 0 aliphatic carbocycles. The average Bonchev–Trinajstić information content (AvgIpc) is 3.05. The van der Waals surface area contributed by atoms with Gasteiger partial charge in [0.15, 0.2) is 0 Å². The molecule has 22 heavy (non-hydrogen) atoms. The molecule has 0 saturated carbocycles. The van der Waals surface area contributed by atoms with Crippen molar-refractivity contribution in [2.75, 3.05) is 0 Å². The highest BCUT2D eigenvalue weighted by atomic mass is 35.5. The molecule has 3 rings (SSSR count). The van der Waals surface area contributed by atoms with Crippen molar-refractivity contribution in [3.8, 4) is 5.69 Å². The van der Waals surface area contributed by atoms with E-state index in [-0.39, 0.29) is 5.91 Å². The second-order valence-electron chi connectivity index (χ2n) is 4.78. The summed E-state index contributed by atoms with van der Waals surface area (Å²) in [7, 11) is 0. The number of halogens is 1. The van der Waals surface area contributed by atoms with E-state index in [2.05, 4.69) is 10.4 Å². The van der Waals surface area contributed by atoms with E-state index in [1.807, 2.05) is 48.5 Å². The first-order valence-corrected chi connectivity index (χ1v) is 7.23. The molecule has 0 atom stereocenters. The highest BCUT2D eigenvalue weighted by Gasteiger charge is 2.09. The zero-order chi connectivity index (χ0) is 15.4. The number of hydrogen-bond acceptors (Lipinski definition) is 2. The maximum atomic E-state index is 12.2. The molecule has 0 aliphatic heterocycles. The Morgan fingerprint density at radius 2 is 1.82 bits per heavy atom. The molecule has 0 spiro atoms. The van der Waals surface area contributed by atoms with Gasteiger partial charge < -0.3 is 5.32 Å². The van der Waals surface area contributed by atoms with Crippen molar-refractivity contribution < 1.29 is 4.79 Å². The molecule has 110 valence electrons. The predicted octanol–water partition coefficient (Wildman–Crippen LogP) is 3.46. The minimum absolute atomic E-state index is 0.179. The smallest absolute Gasteiger partial charge is 0.254 e. The molecule has 1 amide bonds. The number of aromatic nitrogens is 2. The summed E-state index contributed by atoms with van der Waals surface area (Å²) in [4.78, 5) is 12.2. The molecule has 1 N–H and O–H groups in total. The molecule has 0 aliphatic rings. The minimum atomic E-state index is -0.179. The van der Waals surface area contributed by atoms with E-state index in [1.165, 1.54) is 0 Å². The normalized spacial score (nSPS) is 10.4. The summed E-state index contributed by atoms with van der Waals surface area (Å²) in [5.74, 6) is -0.179. The summed E-state index contributed by atoms with van der Waals surface area (Å²) in [6, 6.07) is 17.1. The van der Waals surface area contributed by atoms with E-state index in [0.717, 1.165) is 11.3 Å². The Morgan fingerprint density at radius 1 is 1.09 bits per heavy atom. The summed E-state index contributed by atoms with van der Waals surface area (Å²) >= 11 is 6.07. The van der Waals surface area contributed by atoms with Gasteiger partial charge in [-0.15, -0.1) is 0 Å². The maximum absolute atomic E-state index is 12.2. The molecule has 0 unspecified atom stereocenters. The Hall–Kier alpha value is -2.59. The lowest BCUT2D eigenvalue weighted by Gasteiger charge is -2.05. The van der Waals surface area contributed by atoms with E-state index in [1.54, 1.807) is 23.1 Å². The largest absolute Gasteiger partial charge is 0.348 e. The molecule has 0 radical (unpaired) electrons. The summed E-state index contributed by atoms with van der Waals surface area (Å²) in [6.45, 7) is 0.384. The zero-order valence-corrected chi connectivity index (χ0v) is 12.5. The van der Waals surface area contributed by atoms with Gasteiger partial charge in [-0.05, 0) is 23.8 Å². The fraction of sp³-hybridized carbons (Fsp3) is 0.0588. The monoisotopic (exact) mass is 311 g/mol. The van der Waals surface area contributed by atoms with Crippen molar-refractivity contribution in [1.82, 2.24) is 15.1 Å². The first-order valence-electron chi connectivity index (χ1n) is 6.86. The Labute approximate surface area is 133 Å². The van der Waals surface area contributed by atoms with E-state index < -0.39 is 0 Å². The minimum Gasteiger partial charge on any atom is -0.348 e. The van der Waals surface area contributed by atoms with E-state index in [9.17, 15) is 4.79 Å². The summed E-state index contributed by atoms with van der Waals surface area (Å²) < 4.78 is 1.67. The third-order valence-corrected chi connectivity index (χ3v) is 3.63. The second kappa shape index (κ2) is 6.45. The van der Waals surface area contributed by atoms with Crippen molar-refractivity contribution in [3.05, 3.63) is 83.1 Å². The number of hydrogen-bond donors (Lipinski definition) is 1. The van der Waals surface area contributed by atoms with Crippen LogP contribution in [0.5, 0.6) is 0 Å². The molecule has 0 saturated heterocycles. The van der Waals surface area contributed by atoms with Crippen molar-refractivity contribution in [3.63, 3.8) is 0 Å². The van der Waals surface area contributed by atoms with Crippen LogP contribution in [-0.2, 0) is 6.54 Å². The molecular formula is C17H14ClN3O. The molecule has 5 heteroatoms. The second-order valence-corrected chi connectivity index (χ2v) is 5.19. The standard InChI is InChI=1S/C17H14ClN3O/c18-16-9-5-4-6-13(16)10-19-17(22)14-11-20-21(12-14)15-7-2-1-3-8-15/h1-9,11-12H,10H2,(H,19,22). The lowest BCUT2D eigenvalue weighted by atomic mass is 10.2. The van der Waals surface area contributed by atoms with Crippen molar-refractivity contribution in [2.24, 2.45) is 0 Å². The quantitative estimate of drug-likeness (QED) is 0.802. The number of nitrogens with one attached hydrogen (secondary N) is 1. The predicted molar refractivity (Wildman–Crippen MR) is 86.2 cm³/mol. The van der Waals surface area contributed by atoms with Gasteiger partial charge in [-0.1, -0.05) is 48.0 Å². The van der Waals surface area contributed by atoms with Crippen LogP contribution in [0.1, 0.15) is 15.9 Å². The summed E-state index contributed by atoms with van der Waals surface area (Å²) in [6.07, 6.45) is 3.26. The Kier molecular flexibility index (Phi) is 4.21. The highest BCUT2D eigenvalue weighted by Crippen LogP contribution is 2.14. The topological polar surface area (TPSA) is 46.9 Å². The first-order chi connectivity index (χ1) is 10.7. The van der Waals surface area contributed by atoms with Crippen LogP contribution in [0.2, 0.25) is 5.02 Å². The van der Waals surface area contributed by atoms with Crippen LogP contribution in [0.4, 0.5) is 0 Å². The molecule has 3 aromatic rings. The fourth-order valence-electron chi connectivity index (χ4n) is 2.08. The molecule has 0 fully saturated rings. The van der Waals surface area contributed by atoms with Gasteiger partial charge in [0.1, 0.15) is 0 Å². The fourth-order valence-corrected chi connectivity index (χ4v) is 2.28. The molecule has 1 aromatic heterocycles. The van der Waals surface area contributed by atoms with Gasteiger partial charge in [-0.2, -0.15) is 5.10 Å². The van der Waals surface area contributed by atoms with Gasteiger partial charge in [0.2, 0.25) is 0 Å². The van der Waals surface area contributed by atoms with Crippen LogP contribution in [0.3, 0.4) is 0 Å². The molecule has 4 nitrogen and oxygen atoms in total. The number of carbonyl (C=O) groups is 1. The SMILES string of the molecule is O=C(NCc1ccccc1Cl)c1cnn(-c2ccccc2)c1. The zero-order valence-electron chi connectivity index (χ0n) is 11.7. The lowest BCUT2D eigenvalue weighted by molar-refractivity contribution is 0.0951. The van der Waals surface area contributed by atoms with Crippen molar-refractivity contribution in [2.45, 2.75) is 6.54 Å². The Morgan fingerprint density at radius 3 is 2.59 bits per heavy atom.